The van der Waals surface area contributed by atoms with Crippen LogP contribution in [0.4, 0.5) is 5.82 Å². The van der Waals surface area contributed by atoms with Crippen molar-refractivity contribution < 1.29 is 14.6 Å². The van der Waals surface area contributed by atoms with Gasteiger partial charge < -0.3 is 14.7 Å². The fourth-order valence-electron chi connectivity index (χ4n) is 3.73. The molecule has 0 bridgehead atoms. The monoisotopic (exact) mass is 396 g/mol. The summed E-state index contributed by atoms with van der Waals surface area (Å²) in [4.78, 5) is 18.6. The largest absolute Gasteiger partial charge is 0.481 e. The Hall–Kier alpha value is -2.63. The molecule has 4 rings (SSSR count). The molecule has 1 fully saturated rings. The molecule has 0 aliphatic carbocycles. The highest BCUT2D eigenvalue weighted by Crippen LogP contribution is 2.36. The van der Waals surface area contributed by atoms with Gasteiger partial charge in [-0.2, -0.15) is 0 Å². The van der Waals surface area contributed by atoms with Gasteiger partial charge >= 0.3 is 5.97 Å². The number of hydrogen-bond acceptors (Lipinski definition) is 4. The number of carbonyl (C=O) groups is 1. The van der Waals surface area contributed by atoms with Gasteiger partial charge in [0.25, 0.3) is 0 Å². The van der Waals surface area contributed by atoms with Crippen LogP contribution in [0.2, 0.25) is 5.02 Å². The van der Waals surface area contributed by atoms with E-state index in [4.69, 9.17) is 21.3 Å². The molecule has 0 atom stereocenters. The second-order valence-corrected chi connectivity index (χ2v) is 7.40. The molecule has 1 aliphatic rings. The number of aryl methyl sites for hydroxylation is 1. The first-order valence-electron chi connectivity index (χ1n) is 9.26. The fourth-order valence-corrected chi connectivity index (χ4v) is 3.86. The number of morpholine rings is 1. The summed E-state index contributed by atoms with van der Waals surface area (Å²) in [6, 6.07) is 13.5. The summed E-state index contributed by atoms with van der Waals surface area (Å²) >= 11 is 6.06. The number of anilines is 1. The molecule has 0 radical (unpaired) electrons. The van der Waals surface area contributed by atoms with Crippen molar-refractivity contribution in [1.29, 1.82) is 0 Å². The number of pyridine rings is 1. The fraction of sp³-hybridized carbons (Fsp3) is 0.273. The number of aromatic nitrogens is 1. The third kappa shape index (κ3) is 3.68. The number of carboxylic acids is 1. The molecule has 1 N–H and O–H groups in total. The van der Waals surface area contributed by atoms with Gasteiger partial charge in [-0.1, -0.05) is 23.7 Å². The molecular formula is C22H21ClN2O3. The molecule has 0 unspecified atom stereocenters. The minimum Gasteiger partial charge on any atom is -0.481 e. The van der Waals surface area contributed by atoms with Gasteiger partial charge in [0.2, 0.25) is 0 Å². The normalized spacial score (nSPS) is 14.4. The number of ether oxygens (including phenoxy) is 1. The Morgan fingerprint density at radius 3 is 2.57 bits per heavy atom. The van der Waals surface area contributed by atoms with Gasteiger partial charge in [-0.15, -0.1) is 0 Å². The van der Waals surface area contributed by atoms with Crippen LogP contribution in [0.25, 0.3) is 22.0 Å². The number of benzene rings is 2. The van der Waals surface area contributed by atoms with Crippen LogP contribution in [-0.4, -0.2) is 42.4 Å². The molecule has 1 saturated heterocycles. The van der Waals surface area contributed by atoms with Gasteiger partial charge in [0.15, 0.2) is 0 Å². The Morgan fingerprint density at radius 1 is 1.18 bits per heavy atom. The van der Waals surface area contributed by atoms with Gasteiger partial charge in [-0.25, -0.2) is 4.98 Å². The summed E-state index contributed by atoms with van der Waals surface area (Å²) in [5.74, 6) is 0.0683. The molecule has 1 aliphatic heterocycles. The number of halogens is 1. The number of fused-ring (bicyclic) bond motifs is 1. The maximum absolute atomic E-state index is 11.5. The van der Waals surface area contributed by atoms with Crippen LogP contribution in [0.5, 0.6) is 0 Å². The van der Waals surface area contributed by atoms with Gasteiger partial charge in [0.1, 0.15) is 5.82 Å². The lowest BCUT2D eigenvalue weighted by molar-refractivity contribution is -0.136. The van der Waals surface area contributed by atoms with Crippen molar-refractivity contribution in [3.63, 3.8) is 0 Å². The lowest BCUT2D eigenvalue weighted by Crippen LogP contribution is -2.36. The zero-order chi connectivity index (χ0) is 19.7. The Balaban J connectivity index is 1.91. The van der Waals surface area contributed by atoms with E-state index in [1.165, 1.54) is 0 Å². The van der Waals surface area contributed by atoms with Crippen LogP contribution in [0.3, 0.4) is 0 Å². The van der Waals surface area contributed by atoms with Crippen molar-refractivity contribution in [1.82, 2.24) is 4.98 Å². The predicted molar refractivity (Wildman–Crippen MR) is 111 cm³/mol. The lowest BCUT2D eigenvalue weighted by Gasteiger charge is -2.28. The van der Waals surface area contributed by atoms with Gasteiger partial charge in [-0.05, 0) is 59.5 Å². The Morgan fingerprint density at radius 2 is 1.89 bits per heavy atom. The summed E-state index contributed by atoms with van der Waals surface area (Å²) in [6.45, 7) is 4.98. The van der Waals surface area contributed by atoms with E-state index in [9.17, 15) is 9.90 Å². The highest BCUT2D eigenvalue weighted by molar-refractivity contribution is 6.30. The summed E-state index contributed by atoms with van der Waals surface area (Å²) in [7, 11) is 0. The number of aliphatic carboxylic acids is 1. The molecule has 6 heteroatoms. The second kappa shape index (κ2) is 7.78. The van der Waals surface area contributed by atoms with Crippen molar-refractivity contribution in [3.8, 4) is 11.1 Å². The number of hydrogen-bond donors (Lipinski definition) is 1. The van der Waals surface area contributed by atoms with Crippen molar-refractivity contribution in [2.45, 2.75) is 13.3 Å². The Bertz CT molecular complexity index is 1030. The molecule has 1 aromatic heterocycles. The molecule has 3 aromatic rings. The van der Waals surface area contributed by atoms with Crippen LogP contribution in [0.15, 0.2) is 42.5 Å². The van der Waals surface area contributed by atoms with Gasteiger partial charge in [0.05, 0.1) is 25.2 Å². The van der Waals surface area contributed by atoms with E-state index < -0.39 is 5.97 Å². The van der Waals surface area contributed by atoms with Gasteiger partial charge in [-0.3, -0.25) is 4.79 Å². The lowest BCUT2D eigenvalue weighted by atomic mass is 9.90. The maximum atomic E-state index is 11.5. The van der Waals surface area contributed by atoms with E-state index in [-0.39, 0.29) is 6.42 Å². The zero-order valence-electron chi connectivity index (χ0n) is 15.6. The maximum Gasteiger partial charge on any atom is 0.307 e. The predicted octanol–water partition coefficient (Wildman–Crippen LogP) is 4.33. The van der Waals surface area contributed by atoms with Crippen LogP contribution >= 0.6 is 11.6 Å². The van der Waals surface area contributed by atoms with E-state index in [2.05, 4.69) is 4.90 Å². The summed E-state index contributed by atoms with van der Waals surface area (Å²) in [5, 5.41) is 11.0. The Kier molecular flexibility index (Phi) is 5.20. The van der Waals surface area contributed by atoms with Crippen molar-refractivity contribution in [2.75, 3.05) is 31.2 Å². The standard InChI is InChI=1S/C22H21ClN2O3/c1-14-12-19-17(6-7-20(24-19)25-8-10-28-11-9-25)22(18(14)13-21(26)27)15-2-4-16(23)5-3-15/h2-7,12H,8-11,13H2,1H3,(H,26,27). The van der Waals surface area contributed by atoms with Crippen molar-refractivity contribution in [3.05, 3.63) is 58.6 Å². The second-order valence-electron chi connectivity index (χ2n) is 6.96. The van der Waals surface area contributed by atoms with Crippen LogP contribution in [0.1, 0.15) is 11.1 Å². The van der Waals surface area contributed by atoms with Crippen molar-refractivity contribution >= 4 is 34.3 Å². The first-order valence-corrected chi connectivity index (χ1v) is 9.64. The van der Waals surface area contributed by atoms with E-state index in [0.29, 0.717) is 18.2 Å². The molecule has 0 amide bonds. The summed E-state index contributed by atoms with van der Waals surface area (Å²) in [5.41, 5.74) is 4.45. The third-order valence-electron chi connectivity index (χ3n) is 5.11. The number of nitrogens with zero attached hydrogens (tertiary/aromatic N) is 2. The van der Waals surface area contributed by atoms with E-state index in [1.54, 1.807) is 0 Å². The molecule has 144 valence electrons. The number of carboxylic acid groups (broad SMARTS) is 1. The van der Waals surface area contributed by atoms with E-state index in [0.717, 1.165) is 52.1 Å². The quantitative estimate of drug-likeness (QED) is 0.711. The molecule has 5 nitrogen and oxygen atoms in total. The average molecular weight is 397 g/mol. The number of rotatable bonds is 4. The first-order chi connectivity index (χ1) is 13.5. The zero-order valence-corrected chi connectivity index (χ0v) is 16.4. The highest BCUT2D eigenvalue weighted by Gasteiger charge is 2.18. The smallest absolute Gasteiger partial charge is 0.307 e. The Labute approximate surface area is 168 Å². The first kappa shape index (κ1) is 18.7. The topological polar surface area (TPSA) is 62.7 Å². The molecule has 28 heavy (non-hydrogen) atoms. The molecule has 2 aromatic carbocycles. The highest BCUT2D eigenvalue weighted by atomic mass is 35.5. The molecule has 0 spiro atoms. The third-order valence-corrected chi connectivity index (χ3v) is 5.36. The van der Waals surface area contributed by atoms with Crippen LogP contribution < -0.4 is 4.90 Å². The minimum absolute atomic E-state index is 0.0368. The van der Waals surface area contributed by atoms with Crippen LogP contribution in [0, 0.1) is 6.92 Å². The molecule has 2 heterocycles. The van der Waals surface area contributed by atoms with Crippen LogP contribution in [-0.2, 0) is 16.0 Å². The van der Waals surface area contributed by atoms with E-state index >= 15 is 0 Å². The summed E-state index contributed by atoms with van der Waals surface area (Å²) < 4.78 is 5.43. The average Bonchev–Trinajstić information content (AvgIpc) is 2.69. The minimum atomic E-state index is -0.851. The SMILES string of the molecule is Cc1cc2nc(N3CCOCC3)ccc2c(-c2ccc(Cl)cc2)c1CC(=O)O. The van der Waals surface area contributed by atoms with Gasteiger partial charge in [0, 0.05) is 23.5 Å². The molecular weight excluding hydrogens is 376 g/mol. The molecule has 0 saturated carbocycles. The summed E-state index contributed by atoms with van der Waals surface area (Å²) in [6.07, 6.45) is -0.0368. The van der Waals surface area contributed by atoms with Crippen molar-refractivity contribution in [2.24, 2.45) is 0 Å². The van der Waals surface area contributed by atoms with E-state index in [1.807, 2.05) is 49.4 Å².